The standard InChI is InChI=1S/C18H26BN3O3/c1-17(2)18(3,4)25-19(24-17)15-9-6-8-14(12-15)16-20-13-22(21-16)10-7-11-23-5/h6,8-9,12-13H,7,10-11H2,1-5H3. The highest BCUT2D eigenvalue weighted by molar-refractivity contribution is 6.62. The number of ether oxygens (including phenoxy) is 1. The fourth-order valence-electron chi connectivity index (χ4n) is 2.71. The number of hydrogen-bond donors (Lipinski definition) is 0. The van der Waals surface area contributed by atoms with Crippen LogP contribution < -0.4 is 5.46 Å². The van der Waals surface area contributed by atoms with Crippen molar-refractivity contribution >= 4 is 12.6 Å². The van der Waals surface area contributed by atoms with Gasteiger partial charge in [0, 0.05) is 25.8 Å². The van der Waals surface area contributed by atoms with Gasteiger partial charge in [0.25, 0.3) is 0 Å². The zero-order chi connectivity index (χ0) is 18.1. The lowest BCUT2D eigenvalue weighted by atomic mass is 9.78. The number of hydrogen-bond acceptors (Lipinski definition) is 5. The molecule has 134 valence electrons. The van der Waals surface area contributed by atoms with Crippen molar-refractivity contribution in [1.29, 1.82) is 0 Å². The van der Waals surface area contributed by atoms with Crippen molar-refractivity contribution in [3.05, 3.63) is 30.6 Å². The molecule has 3 rings (SSSR count). The van der Waals surface area contributed by atoms with E-state index in [1.54, 1.807) is 13.4 Å². The number of methoxy groups -OCH3 is 1. The Kier molecular flexibility index (Phi) is 5.00. The minimum absolute atomic E-state index is 0.352. The van der Waals surface area contributed by atoms with Gasteiger partial charge in [0.2, 0.25) is 0 Å². The first kappa shape index (κ1) is 18.1. The summed E-state index contributed by atoms with van der Waals surface area (Å²) in [6, 6.07) is 8.04. The minimum atomic E-state index is -0.381. The molecule has 2 aromatic rings. The molecule has 25 heavy (non-hydrogen) atoms. The Morgan fingerprint density at radius 2 is 1.88 bits per heavy atom. The van der Waals surface area contributed by atoms with Crippen molar-refractivity contribution in [2.75, 3.05) is 13.7 Å². The monoisotopic (exact) mass is 343 g/mol. The summed E-state index contributed by atoms with van der Waals surface area (Å²) in [6.07, 6.45) is 2.67. The van der Waals surface area contributed by atoms with Crippen molar-refractivity contribution < 1.29 is 14.0 Å². The van der Waals surface area contributed by atoms with E-state index >= 15 is 0 Å². The van der Waals surface area contributed by atoms with Gasteiger partial charge in [0.05, 0.1) is 11.2 Å². The van der Waals surface area contributed by atoms with Gasteiger partial charge in [-0.2, -0.15) is 5.10 Å². The molecule has 6 nitrogen and oxygen atoms in total. The molecule has 0 bridgehead atoms. The second-order valence-electron chi connectivity index (χ2n) is 7.39. The summed E-state index contributed by atoms with van der Waals surface area (Å²) >= 11 is 0. The molecule has 0 N–H and O–H groups in total. The van der Waals surface area contributed by atoms with Gasteiger partial charge >= 0.3 is 7.12 Å². The van der Waals surface area contributed by atoms with Crippen LogP contribution in [-0.4, -0.2) is 46.8 Å². The fraction of sp³-hybridized carbons (Fsp3) is 0.556. The zero-order valence-electron chi connectivity index (χ0n) is 15.7. The number of aryl methyl sites for hydroxylation is 1. The van der Waals surface area contributed by atoms with E-state index < -0.39 is 0 Å². The molecule has 1 saturated heterocycles. The molecule has 0 amide bonds. The van der Waals surface area contributed by atoms with Gasteiger partial charge in [-0.1, -0.05) is 24.3 Å². The molecule has 0 spiro atoms. The van der Waals surface area contributed by atoms with Gasteiger partial charge in [-0.25, -0.2) is 4.98 Å². The van der Waals surface area contributed by atoms with Crippen LogP contribution in [-0.2, 0) is 20.6 Å². The molecule has 1 aromatic heterocycles. The molecule has 0 atom stereocenters. The number of nitrogens with zero attached hydrogens (tertiary/aromatic N) is 3. The van der Waals surface area contributed by atoms with Gasteiger partial charge < -0.3 is 14.0 Å². The maximum absolute atomic E-state index is 6.13. The third kappa shape index (κ3) is 3.78. The lowest BCUT2D eigenvalue weighted by Gasteiger charge is -2.32. The maximum atomic E-state index is 6.13. The average Bonchev–Trinajstić information content (AvgIpc) is 3.11. The quantitative estimate of drug-likeness (QED) is 0.595. The van der Waals surface area contributed by atoms with Crippen molar-refractivity contribution in [2.45, 2.75) is 51.9 Å². The van der Waals surface area contributed by atoms with Crippen LogP contribution in [0, 0.1) is 0 Å². The number of aromatic nitrogens is 3. The van der Waals surface area contributed by atoms with E-state index in [1.165, 1.54) is 0 Å². The second kappa shape index (κ2) is 6.90. The predicted molar refractivity (Wildman–Crippen MR) is 97.7 cm³/mol. The molecular weight excluding hydrogens is 317 g/mol. The minimum Gasteiger partial charge on any atom is -0.399 e. The fourth-order valence-corrected chi connectivity index (χ4v) is 2.71. The predicted octanol–water partition coefficient (Wildman–Crippen LogP) is 2.28. The van der Waals surface area contributed by atoms with Crippen LogP contribution in [0.4, 0.5) is 0 Å². The third-order valence-corrected chi connectivity index (χ3v) is 4.94. The highest BCUT2D eigenvalue weighted by Gasteiger charge is 2.51. The summed E-state index contributed by atoms with van der Waals surface area (Å²) in [5.74, 6) is 0.704. The SMILES string of the molecule is COCCCn1cnc(-c2cccc(B3OC(C)(C)C(C)(C)O3)c2)n1. The molecule has 0 aliphatic carbocycles. The maximum Gasteiger partial charge on any atom is 0.494 e. The van der Waals surface area contributed by atoms with E-state index in [9.17, 15) is 0 Å². The van der Waals surface area contributed by atoms with Crippen LogP contribution in [0.15, 0.2) is 30.6 Å². The van der Waals surface area contributed by atoms with Crippen molar-refractivity contribution in [3.8, 4) is 11.4 Å². The highest BCUT2D eigenvalue weighted by Crippen LogP contribution is 2.36. The van der Waals surface area contributed by atoms with E-state index in [2.05, 4.69) is 37.8 Å². The molecule has 1 aliphatic rings. The van der Waals surface area contributed by atoms with Crippen molar-refractivity contribution in [2.24, 2.45) is 0 Å². The normalized spacial score (nSPS) is 18.7. The summed E-state index contributed by atoms with van der Waals surface area (Å²) in [6.45, 7) is 9.73. The Hall–Kier alpha value is -1.70. The van der Waals surface area contributed by atoms with E-state index in [1.807, 2.05) is 28.9 Å². The van der Waals surface area contributed by atoms with Gasteiger partial charge in [-0.05, 0) is 39.6 Å². The van der Waals surface area contributed by atoms with Crippen LogP contribution in [0.5, 0.6) is 0 Å². The van der Waals surface area contributed by atoms with E-state index in [0.717, 1.165) is 24.0 Å². The molecule has 1 aromatic carbocycles. The van der Waals surface area contributed by atoms with Crippen LogP contribution in [0.3, 0.4) is 0 Å². The average molecular weight is 343 g/mol. The van der Waals surface area contributed by atoms with Crippen LogP contribution in [0.1, 0.15) is 34.1 Å². The molecule has 7 heteroatoms. The van der Waals surface area contributed by atoms with Crippen LogP contribution in [0.2, 0.25) is 0 Å². The van der Waals surface area contributed by atoms with Crippen LogP contribution >= 0.6 is 0 Å². The smallest absolute Gasteiger partial charge is 0.399 e. The molecule has 0 saturated carbocycles. The molecule has 2 heterocycles. The molecule has 0 unspecified atom stereocenters. The Balaban J connectivity index is 1.76. The molecule has 0 radical (unpaired) electrons. The van der Waals surface area contributed by atoms with Gasteiger partial charge in [-0.3, -0.25) is 4.68 Å². The summed E-state index contributed by atoms with van der Waals surface area (Å²) < 4.78 is 19.2. The van der Waals surface area contributed by atoms with Crippen molar-refractivity contribution in [3.63, 3.8) is 0 Å². The first-order valence-corrected chi connectivity index (χ1v) is 8.67. The summed E-state index contributed by atoms with van der Waals surface area (Å²) in [5.41, 5.74) is 1.23. The first-order chi connectivity index (χ1) is 11.8. The van der Waals surface area contributed by atoms with E-state index in [-0.39, 0.29) is 18.3 Å². The molecular formula is C18H26BN3O3. The van der Waals surface area contributed by atoms with E-state index in [0.29, 0.717) is 12.4 Å². The summed E-state index contributed by atoms with van der Waals surface area (Å²) in [4.78, 5) is 4.42. The number of benzene rings is 1. The summed E-state index contributed by atoms with van der Waals surface area (Å²) in [7, 11) is 1.32. The Morgan fingerprint density at radius 3 is 2.56 bits per heavy atom. The Labute approximate surface area is 149 Å². The topological polar surface area (TPSA) is 58.4 Å². The molecule has 1 aliphatic heterocycles. The number of rotatable bonds is 6. The Bertz CT molecular complexity index is 714. The zero-order valence-corrected chi connectivity index (χ0v) is 15.7. The van der Waals surface area contributed by atoms with Crippen LogP contribution in [0.25, 0.3) is 11.4 Å². The second-order valence-corrected chi connectivity index (χ2v) is 7.39. The van der Waals surface area contributed by atoms with Gasteiger partial charge in [-0.15, -0.1) is 0 Å². The first-order valence-electron chi connectivity index (χ1n) is 8.67. The largest absolute Gasteiger partial charge is 0.494 e. The van der Waals surface area contributed by atoms with Crippen molar-refractivity contribution in [1.82, 2.24) is 14.8 Å². The van der Waals surface area contributed by atoms with Gasteiger partial charge in [0.1, 0.15) is 6.33 Å². The lowest BCUT2D eigenvalue weighted by molar-refractivity contribution is 0.00578. The lowest BCUT2D eigenvalue weighted by Crippen LogP contribution is -2.41. The Morgan fingerprint density at radius 1 is 1.16 bits per heavy atom. The molecule has 1 fully saturated rings. The van der Waals surface area contributed by atoms with E-state index in [4.69, 9.17) is 14.0 Å². The third-order valence-electron chi connectivity index (χ3n) is 4.94. The summed E-state index contributed by atoms with van der Waals surface area (Å²) in [5, 5.41) is 4.55. The van der Waals surface area contributed by atoms with Gasteiger partial charge in [0.15, 0.2) is 5.82 Å². The highest BCUT2D eigenvalue weighted by atomic mass is 16.7.